The molecule has 0 radical (unpaired) electrons. The van der Waals surface area contributed by atoms with Crippen LogP contribution in [0.5, 0.6) is 0 Å². The third-order valence-electron chi connectivity index (χ3n) is 29.5. The quantitative estimate of drug-likeness (QED) is 0.0982. The molecule has 12 heterocycles. The van der Waals surface area contributed by atoms with Crippen molar-refractivity contribution in [2.75, 3.05) is 6.61 Å². The number of cyclic esters (lactones) is 5. The van der Waals surface area contributed by atoms with Gasteiger partial charge in [0.2, 0.25) is 25.2 Å². The van der Waals surface area contributed by atoms with Crippen molar-refractivity contribution in [3.8, 4) is 0 Å². The highest BCUT2D eigenvalue weighted by molar-refractivity contribution is 8.23. The Kier molecular flexibility index (Phi) is 21.7. The lowest BCUT2D eigenvalue weighted by Crippen LogP contribution is -2.62. The van der Waals surface area contributed by atoms with Crippen LogP contribution in [-0.4, -0.2) is 267 Å². The van der Waals surface area contributed by atoms with Gasteiger partial charge in [-0.25, -0.2) is 28.8 Å². The fourth-order valence-corrected chi connectivity index (χ4v) is 33.3. The number of carbonyl (C=O) groups is 10. The summed E-state index contributed by atoms with van der Waals surface area (Å²) >= 11 is 6.85. The molecule has 125 heavy (non-hydrogen) atoms. The first-order chi connectivity index (χ1) is 58.4. The zero-order valence-corrected chi connectivity index (χ0v) is 70.6. The van der Waals surface area contributed by atoms with Crippen LogP contribution in [-0.2, 0) is 133 Å². The molecule has 0 aromatic heterocycles. The monoisotopic (exact) mass is 1870 g/mol. The van der Waals surface area contributed by atoms with Gasteiger partial charge in [0.05, 0.1) is 18.7 Å². The normalized spacial score (nSPS) is 49.5. The molecule has 13 aliphatic carbocycles. The lowest BCUT2D eigenvalue weighted by Gasteiger charge is -2.63. The molecule has 46 heteroatoms. The minimum absolute atomic E-state index is 0.0314. The predicted molar refractivity (Wildman–Crippen MR) is 392 cm³/mol. The highest BCUT2D eigenvalue weighted by Crippen LogP contribution is 2.76. The molecular weight excluding hydrogens is 1780 g/mol. The molecule has 25 rings (SSSR count). The number of rotatable bonds is 10. The third kappa shape index (κ3) is 15.3. The average molecular weight is 1870 g/mol. The molecule has 32 nitrogen and oxygen atoms in total. The SMILES string of the molecule is CC(F)(F)C(=O)OC12CC3CC(C1)C1(SC4C(=O)OC(O)C4S1)C(C3)C2.CC(F)(F)C(=O)OC12CC3CC(C1)C1(SC4COC(=O)C4S1)C(C3)C2.CC(F)(F)C(=O)OC1CC2CC1CC21OC2C(=O)OC(O)C2O1.CC(F)(F)C(=O)OC1CC2CC1CC21OC2OC3C(O)OC(=O)C3C2O1.CC(F)(F)C(=O)OC1CCC2(CC1)OC1OC3C(O)OC(=O)C3C1O2. The molecule has 4 N–H and O–H groups in total. The smallest absolute Gasteiger partial charge is 0.377 e. The molecule has 25 aliphatic rings. The van der Waals surface area contributed by atoms with Crippen molar-refractivity contribution in [2.24, 2.45) is 71.0 Å². The number of aliphatic hydroxyl groups excluding tert-OH is 4. The highest BCUT2D eigenvalue weighted by atomic mass is 32.2. The van der Waals surface area contributed by atoms with E-state index in [1.54, 1.807) is 35.3 Å². The molecule has 30 atom stereocenters. The van der Waals surface area contributed by atoms with Crippen LogP contribution in [0.4, 0.5) is 43.9 Å². The first-order valence-corrected chi connectivity index (χ1v) is 45.7. The first kappa shape index (κ1) is 89.2. The Balaban J connectivity index is 0.000000102. The second-order valence-electron chi connectivity index (χ2n) is 38.3. The molecule has 30 unspecified atom stereocenters. The zero-order valence-electron chi connectivity index (χ0n) is 67.4. The molecule has 5 spiro atoms. The minimum atomic E-state index is -3.53. The van der Waals surface area contributed by atoms with Crippen molar-refractivity contribution >= 4 is 107 Å². The van der Waals surface area contributed by atoms with Crippen LogP contribution in [0, 0.1) is 71.0 Å². The predicted octanol–water partition coefficient (Wildman–Crippen LogP) is 6.89. The van der Waals surface area contributed by atoms with Crippen LogP contribution in [0.25, 0.3) is 0 Å². The molecule has 0 aromatic carbocycles. The molecule has 13 saturated carbocycles. The Bertz CT molecular complexity index is 4360. The van der Waals surface area contributed by atoms with Gasteiger partial charge in [-0.2, -0.15) is 43.9 Å². The zero-order chi connectivity index (χ0) is 89.1. The Hall–Kier alpha value is -5.08. The van der Waals surface area contributed by atoms with Crippen LogP contribution in [0.3, 0.4) is 0 Å². The van der Waals surface area contributed by atoms with E-state index >= 15 is 0 Å². The second-order valence-corrected chi connectivity index (χ2v) is 44.6. The molecule has 694 valence electrons. The van der Waals surface area contributed by atoms with Crippen molar-refractivity contribution in [2.45, 2.75) is 343 Å². The third-order valence-corrected chi connectivity index (χ3v) is 38.1. The Labute approximate surface area is 721 Å². The van der Waals surface area contributed by atoms with Gasteiger partial charge in [-0.3, -0.25) is 19.2 Å². The van der Waals surface area contributed by atoms with E-state index in [0.29, 0.717) is 168 Å². The van der Waals surface area contributed by atoms with Crippen molar-refractivity contribution in [3.63, 3.8) is 0 Å². The minimum Gasteiger partial charge on any atom is -0.464 e. The molecule has 0 amide bonds. The molecule has 0 aromatic rings. The lowest BCUT2D eigenvalue weighted by atomic mass is 9.53. The number of ether oxygens (including phenoxy) is 18. The van der Waals surface area contributed by atoms with Crippen molar-refractivity contribution < 1.29 is 198 Å². The molecule has 12 bridgehead atoms. The number of thioether (sulfide) groups is 4. The van der Waals surface area contributed by atoms with Crippen LogP contribution >= 0.6 is 47.0 Å². The number of carbonyl (C=O) groups excluding carboxylic acids is 10. The summed E-state index contributed by atoms with van der Waals surface area (Å²) < 4.78 is 227. The van der Waals surface area contributed by atoms with E-state index in [0.717, 1.165) is 25.7 Å². The van der Waals surface area contributed by atoms with E-state index in [1.807, 2.05) is 11.8 Å². The van der Waals surface area contributed by atoms with Gasteiger partial charge in [-0.15, -0.1) is 47.0 Å². The van der Waals surface area contributed by atoms with Gasteiger partial charge in [-0.1, -0.05) is 0 Å². The number of esters is 10. The Morgan fingerprint density at radius 1 is 0.400 bits per heavy atom. The van der Waals surface area contributed by atoms with Gasteiger partial charge in [0.1, 0.15) is 82.9 Å². The van der Waals surface area contributed by atoms with E-state index in [9.17, 15) is 112 Å². The largest absolute Gasteiger partial charge is 0.464 e. The fraction of sp³-hybridized carbons (Fsp3) is 0.873. The van der Waals surface area contributed by atoms with Gasteiger partial charge < -0.3 is 106 Å². The van der Waals surface area contributed by atoms with E-state index in [4.69, 9.17) is 80.5 Å². The average Bonchev–Trinajstić information content (AvgIpc) is 1.66. The number of fused-ring (bicyclic) bond motifs is 15. The number of hydrogen-bond donors (Lipinski definition) is 4. The van der Waals surface area contributed by atoms with Crippen LogP contribution in [0.2, 0.25) is 0 Å². The number of hydrogen-bond acceptors (Lipinski definition) is 36. The van der Waals surface area contributed by atoms with Crippen molar-refractivity contribution in [1.82, 2.24) is 0 Å². The van der Waals surface area contributed by atoms with Crippen LogP contribution in [0.15, 0.2) is 0 Å². The second kappa shape index (κ2) is 30.5. The summed E-state index contributed by atoms with van der Waals surface area (Å²) in [5, 5.41) is 38.4. The van der Waals surface area contributed by atoms with Gasteiger partial charge in [0, 0.05) is 84.0 Å². The summed E-state index contributed by atoms with van der Waals surface area (Å²) in [6, 6.07) is 0. The standard InChI is InChI=1S/C17H20F2O5S2.C17H20F2O4S2.C16H18F2O8.C15H18F2O8.C14H16F2O7/c1-15(18,19)14(22)24-16-4-7-2-8(5-16)17(9(3-7)6-16)25-10-11(26-17)13(21)23-12(10)20;1-15(18,19)14(21)23-16-4-8-2-9(5-16)17(10(3-8)6-16)24-11-7-22-13(20)12(11)25-17;1-15(17,18)14(21)22-7-3-6-2-5(7)4-16(6)25-10-8-9(23-13(10)26-16)12(20)24-11(8)19;1-14(16,17)13(20)21-6-2-4-15(5-3-6)24-9-7-8(22-12(9)25-15)11(19)23-10(7)18;1-13(15,16)12(19)20-7-3-6-2-5(7)4-14(6)22-8-9(23-14)11(18)21-10(8)17/h7-12,20H,2-6H2,1H3;8-12H,2-7H2,1H3;5-10,12-13,20H,2-4H2,1H3;6-9,11-12,19H,2-5H2,1H3;5-10,17H,2-4H2,1H3. The summed E-state index contributed by atoms with van der Waals surface area (Å²) in [5.41, 5.74) is -1.52. The number of aliphatic hydroxyl groups is 4. The van der Waals surface area contributed by atoms with E-state index in [2.05, 4.69) is 4.74 Å². The summed E-state index contributed by atoms with van der Waals surface area (Å²) in [4.78, 5) is 117. The maximum absolute atomic E-state index is 13.4. The maximum atomic E-state index is 13.4. The van der Waals surface area contributed by atoms with Crippen molar-refractivity contribution in [3.05, 3.63) is 0 Å². The molecule has 25 fully saturated rings. The highest BCUT2D eigenvalue weighted by Gasteiger charge is 2.76. The number of alkyl halides is 10. The molecular formula is C79H92F10O32S4. The summed E-state index contributed by atoms with van der Waals surface area (Å²) in [5.74, 6) is -30.6. The Morgan fingerprint density at radius 2 is 0.816 bits per heavy atom. The molecule has 12 aliphatic heterocycles. The Morgan fingerprint density at radius 3 is 1.26 bits per heavy atom. The van der Waals surface area contributed by atoms with Gasteiger partial charge >= 0.3 is 89.3 Å². The maximum Gasteiger partial charge on any atom is 0.377 e. The topological polar surface area (TPSA) is 418 Å². The van der Waals surface area contributed by atoms with Gasteiger partial charge in [0.15, 0.2) is 42.1 Å². The molecule has 12 saturated heterocycles. The summed E-state index contributed by atoms with van der Waals surface area (Å²) in [6.07, 6.45) is -1.73. The van der Waals surface area contributed by atoms with E-state index in [-0.39, 0.29) is 76.6 Å². The lowest BCUT2D eigenvalue weighted by molar-refractivity contribution is -0.264. The van der Waals surface area contributed by atoms with Crippen molar-refractivity contribution in [1.29, 1.82) is 0 Å². The fourth-order valence-electron chi connectivity index (χ4n) is 24.6. The first-order valence-electron chi connectivity index (χ1n) is 42.2. The van der Waals surface area contributed by atoms with E-state index < -0.39 is 210 Å². The van der Waals surface area contributed by atoms with E-state index in [1.165, 1.54) is 0 Å². The summed E-state index contributed by atoms with van der Waals surface area (Å²) in [7, 11) is 0. The van der Waals surface area contributed by atoms with Gasteiger partial charge in [-0.05, 0) is 138 Å². The van der Waals surface area contributed by atoms with Gasteiger partial charge in [0.25, 0.3) is 0 Å². The van der Waals surface area contributed by atoms with Crippen LogP contribution < -0.4 is 0 Å². The van der Waals surface area contributed by atoms with Crippen LogP contribution in [0.1, 0.15) is 163 Å². The number of halogens is 10. The summed E-state index contributed by atoms with van der Waals surface area (Å²) in [6.45, 7) is 3.17.